The van der Waals surface area contributed by atoms with Crippen molar-refractivity contribution in [3.8, 4) is 11.8 Å². The van der Waals surface area contributed by atoms with Crippen LogP contribution < -0.4 is 0 Å². The lowest BCUT2D eigenvalue weighted by Crippen LogP contribution is -1.88. The molecule has 0 aliphatic carbocycles. The Labute approximate surface area is 96.9 Å². The summed E-state index contributed by atoms with van der Waals surface area (Å²) in [6.45, 7) is 2.13. The highest BCUT2D eigenvalue weighted by Crippen LogP contribution is 2.13. The predicted molar refractivity (Wildman–Crippen MR) is 68.2 cm³/mol. The van der Waals surface area contributed by atoms with Crippen molar-refractivity contribution in [3.05, 3.63) is 71.8 Å². The van der Waals surface area contributed by atoms with Crippen molar-refractivity contribution < 1.29 is 0 Å². The van der Waals surface area contributed by atoms with Crippen LogP contribution in [-0.4, -0.2) is 0 Å². The molecule has 0 N–H and O–H groups in total. The van der Waals surface area contributed by atoms with Crippen LogP contribution in [0.25, 0.3) is 0 Å². The van der Waals surface area contributed by atoms with Gasteiger partial charge in [0.2, 0.25) is 0 Å². The molecular formula is C16H14. The monoisotopic (exact) mass is 206 g/mol. The van der Waals surface area contributed by atoms with Crippen LogP contribution in [0, 0.1) is 11.8 Å². The Morgan fingerprint density at radius 2 is 1.38 bits per heavy atom. The summed E-state index contributed by atoms with van der Waals surface area (Å²) in [7, 11) is 0. The molecule has 0 aromatic heterocycles. The highest BCUT2D eigenvalue weighted by Gasteiger charge is 1.98. The Balaban J connectivity index is 2.15. The van der Waals surface area contributed by atoms with Crippen LogP contribution in [0.15, 0.2) is 60.7 Å². The molecule has 0 bridgehead atoms. The van der Waals surface area contributed by atoms with Crippen LogP contribution >= 0.6 is 0 Å². The molecule has 0 fully saturated rings. The molecule has 0 radical (unpaired) electrons. The van der Waals surface area contributed by atoms with Gasteiger partial charge in [-0.3, -0.25) is 0 Å². The molecule has 1 atom stereocenters. The molecule has 16 heavy (non-hydrogen) atoms. The summed E-state index contributed by atoms with van der Waals surface area (Å²) in [6.07, 6.45) is 0. The molecule has 78 valence electrons. The lowest BCUT2D eigenvalue weighted by atomic mass is 10.0. The minimum Gasteiger partial charge on any atom is -0.0900 e. The van der Waals surface area contributed by atoms with Crippen LogP contribution in [0.1, 0.15) is 24.0 Å². The first-order valence-electron chi connectivity index (χ1n) is 5.48. The lowest BCUT2D eigenvalue weighted by Gasteiger charge is -2.02. The van der Waals surface area contributed by atoms with E-state index in [-0.39, 0.29) is 5.92 Å². The van der Waals surface area contributed by atoms with Crippen LogP contribution in [0.2, 0.25) is 0 Å². The van der Waals surface area contributed by atoms with Crippen LogP contribution in [-0.2, 0) is 0 Å². The fraction of sp³-hybridized carbons (Fsp3) is 0.125. The first kappa shape index (κ1) is 10.5. The highest BCUT2D eigenvalue weighted by molar-refractivity contribution is 5.37. The van der Waals surface area contributed by atoms with Crippen molar-refractivity contribution in [2.45, 2.75) is 12.8 Å². The number of hydrogen-bond donors (Lipinski definition) is 0. The molecule has 0 spiro atoms. The molecule has 0 amide bonds. The Hall–Kier alpha value is -2.00. The van der Waals surface area contributed by atoms with Crippen LogP contribution in [0.3, 0.4) is 0 Å². The molecule has 0 unspecified atom stereocenters. The molecule has 0 heterocycles. The van der Waals surface area contributed by atoms with E-state index in [0.29, 0.717) is 0 Å². The summed E-state index contributed by atoms with van der Waals surface area (Å²) >= 11 is 0. The van der Waals surface area contributed by atoms with Crippen molar-refractivity contribution in [1.82, 2.24) is 0 Å². The van der Waals surface area contributed by atoms with Crippen LogP contribution in [0.4, 0.5) is 0 Å². The van der Waals surface area contributed by atoms with Crippen molar-refractivity contribution in [1.29, 1.82) is 0 Å². The van der Waals surface area contributed by atoms with E-state index in [4.69, 9.17) is 0 Å². The summed E-state index contributed by atoms with van der Waals surface area (Å²) in [5.74, 6) is 6.74. The zero-order valence-electron chi connectivity index (χ0n) is 9.35. The third-order valence-corrected chi connectivity index (χ3v) is 2.51. The van der Waals surface area contributed by atoms with Gasteiger partial charge in [-0.05, 0) is 24.6 Å². The average molecular weight is 206 g/mol. The van der Waals surface area contributed by atoms with E-state index in [1.807, 2.05) is 36.4 Å². The van der Waals surface area contributed by atoms with Gasteiger partial charge in [0.25, 0.3) is 0 Å². The lowest BCUT2D eigenvalue weighted by molar-refractivity contribution is 1.00. The molecule has 2 aromatic rings. The molecule has 0 aliphatic rings. The quantitative estimate of drug-likeness (QED) is 0.622. The summed E-state index contributed by atoms with van der Waals surface area (Å²) in [4.78, 5) is 0. The predicted octanol–water partition coefficient (Wildman–Crippen LogP) is 3.84. The van der Waals surface area contributed by atoms with E-state index < -0.39 is 0 Å². The van der Waals surface area contributed by atoms with Gasteiger partial charge < -0.3 is 0 Å². The standard InChI is InChI=1S/C16H14/c1-14(16-10-6-3-7-11-16)12-13-15-8-4-2-5-9-15/h2-11,14H,1H3/t14-/m1/s1. The molecule has 0 saturated heterocycles. The number of rotatable bonds is 1. The molecule has 2 aromatic carbocycles. The summed E-state index contributed by atoms with van der Waals surface area (Å²) in [5, 5.41) is 0. The normalized spacial score (nSPS) is 11.3. The third-order valence-electron chi connectivity index (χ3n) is 2.51. The van der Waals surface area contributed by atoms with E-state index in [9.17, 15) is 0 Å². The average Bonchev–Trinajstić information content (AvgIpc) is 2.38. The largest absolute Gasteiger partial charge is 0.0900 e. The van der Waals surface area contributed by atoms with E-state index in [2.05, 4.69) is 43.0 Å². The van der Waals surface area contributed by atoms with E-state index in [0.717, 1.165) is 5.56 Å². The van der Waals surface area contributed by atoms with Gasteiger partial charge in [-0.1, -0.05) is 60.4 Å². The van der Waals surface area contributed by atoms with Crippen molar-refractivity contribution >= 4 is 0 Å². The second-order valence-electron chi connectivity index (χ2n) is 3.77. The minimum absolute atomic E-state index is 0.279. The molecule has 0 saturated carbocycles. The second-order valence-corrected chi connectivity index (χ2v) is 3.77. The first-order chi connectivity index (χ1) is 7.86. The van der Waals surface area contributed by atoms with Gasteiger partial charge >= 0.3 is 0 Å². The van der Waals surface area contributed by atoms with E-state index in [1.165, 1.54) is 5.56 Å². The van der Waals surface area contributed by atoms with Crippen molar-refractivity contribution in [2.24, 2.45) is 0 Å². The van der Waals surface area contributed by atoms with Gasteiger partial charge in [0.1, 0.15) is 0 Å². The van der Waals surface area contributed by atoms with Gasteiger partial charge in [-0.15, -0.1) is 0 Å². The summed E-state index contributed by atoms with van der Waals surface area (Å²) in [5.41, 5.74) is 2.34. The topological polar surface area (TPSA) is 0 Å². The Morgan fingerprint density at radius 3 is 2.00 bits per heavy atom. The first-order valence-corrected chi connectivity index (χ1v) is 5.48. The van der Waals surface area contributed by atoms with E-state index >= 15 is 0 Å². The highest BCUT2D eigenvalue weighted by atomic mass is 14.0. The number of hydrogen-bond acceptors (Lipinski definition) is 0. The smallest absolute Gasteiger partial charge is 0.0427 e. The summed E-state index contributed by atoms with van der Waals surface area (Å²) in [6, 6.07) is 20.5. The Morgan fingerprint density at radius 1 is 0.812 bits per heavy atom. The van der Waals surface area contributed by atoms with E-state index in [1.54, 1.807) is 0 Å². The van der Waals surface area contributed by atoms with Crippen molar-refractivity contribution in [3.63, 3.8) is 0 Å². The zero-order chi connectivity index (χ0) is 11.2. The molecule has 0 aliphatic heterocycles. The maximum atomic E-state index is 3.27. The Kier molecular flexibility index (Phi) is 3.41. The summed E-state index contributed by atoms with van der Waals surface area (Å²) < 4.78 is 0. The second kappa shape index (κ2) is 5.19. The van der Waals surface area contributed by atoms with Gasteiger partial charge in [0.05, 0.1) is 0 Å². The van der Waals surface area contributed by atoms with Gasteiger partial charge in [0, 0.05) is 11.5 Å². The van der Waals surface area contributed by atoms with Crippen molar-refractivity contribution in [2.75, 3.05) is 0 Å². The molecular weight excluding hydrogens is 192 g/mol. The minimum atomic E-state index is 0.279. The Bertz CT molecular complexity index is 486. The molecule has 0 heteroatoms. The number of benzene rings is 2. The van der Waals surface area contributed by atoms with Gasteiger partial charge in [-0.25, -0.2) is 0 Å². The molecule has 2 rings (SSSR count). The molecule has 0 nitrogen and oxygen atoms in total. The third kappa shape index (κ3) is 2.74. The van der Waals surface area contributed by atoms with Gasteiger partial charge in [-0.2, -0.15) is 0 Å². The SMILES string of the molecule is C[C@H](C#Cc1ccccc1)c1ccccc1. The maximum Gasteiger partial charge on any atom is 0.0427 e. The fourth-order valence-corrected chi connectivity index (χ4v) is 1.54. The fourth-order valence-electron chi connectivity index (χ4n) is 1.54. The van der Waals surface area contributed by atoms with Crippen LogP contribution in [0.5, 0.6) is 0 Å². The van der Waals surface area contributed by atoms with Gasteiger partial charge in [0.15, 0.2) is 0 Å². The maximum absolute atomic E-state index is 3.27. The zero-order valence-corrected chi connectivity index (χ0v) is 9.35.